The Morgan fingerprint density at radius 2 is 2.18 bits per heavy atom. The lowest BCUT2D eigenvalue weighted by Crippen LogP contribution is -2.42. The monoisotopic (exact) mass is 255 g/mol. The molecule has 0 aromatic rings. The van der Waals surface area contributed by atoms with E-state index in [1.807, 2.05) is 11.8 Å². The molecule has 1 atom stereocenters. The number of rotatable bonds is 2. The van der Waals surface area contributed by atoms with Gasteiger partial charge in [0, 0.05) is 18.2 Å². The molecule has 1 saturated heterocycles. The van der Waals surface area contributed by atoms with Crippen LogP contribution in [0.3, 0.4) is 0 Å². The molecule has 0 amide bonds. The van der Waals surface area contributed by atoms with Crippen molar-refractivity contribution >= 4 is 17.7 Å². The van der Waals surface area contributed by atoms with Crippen molar-refractivity contribution in [1.29, 1.82) is 0 Å². The van der Waals surface area contributed by atoms with Crippen LogP contribution < -0.4 is 0 Å². The van der Waals surface area contributed by atoms with Gasteiger partial charge in [0.15, 0.2) is 0 Å². The largest absolute Gasteiger partial charge is 0.466 e. The third kappa shape index (κ3) is 3.05. The number of carbonyl (C=O) groups is 1. The van der Waals surface area contributed by atoms with E-state index in [0.29, 0.717) is 12.0 Å². The quantitative estimate of drug-likeness (QED) is 0.705. The minimum Gasteiger partial charge on any atom is -0.466 e. The summed E-state index contributed by atoms with van der Waals surface area (Å²) in [5.41, 5.74) is 0.869. The summed E-state index contributed by atoms with van der Waals surface area (Å²) < 4.78 is 4.83. The van der Waals surface area contributed by atoms with Gasteiger partial charge in [-0.1, -0.05) is 6.08 Å². The van der Waals surface area contributed by atoms with Crippen molar-refractivity contribution in [3.63, 3.8) is 0 Å². The van der Waals surface area contributed by atoms with E-state index in [1.165, 1.54) is 31.5 Å². The highest BCUT2D eigenvalue weighted by atomic mass is 32.2. The first-order valence-electron chi connectivity index (χ1n) is 6.29. The molecule has 2 aliphatic heterocycles. The summed E-state index contributed by atoms with van der Waals surface area (Å²) in [7, 11) is 3.63. The van der Waals surface area contributed by atoms with E-state index in [2.05, 4.69) is 18.0 Å². The lowest BCUT2D eigenvalue weighted by Gasteiger charge is -2.37. The van der Waals surface area contributed by atoms with Crippen molar-refractivity contribution in [2.45, 2.75) is 25.3 Å². The van der Waals surface area contributed by atoms with Gasteiger partial charge in [-0.2, -0.15) is 11.8 Å². The van der Waals surface area contributed by atoms with Crippen LogP contribution >= 0.6 is 11.8 Å². The molecule has 2 heterocycles. The first-order chi connectivity index (χ1) is 8.22. The fourth-order valence-corrected chi connectivity index (χ4v) is 3.86. The molecule has 1 unspecified atom stereocenters. The number of likely N-dealkylation sites (N-methyl/N-ethyl adjacent to an activating group) is 1. The Hall–Kier alpha value is -0.480. The molecule has 0 N–H and O–H groups in total. The van der Waals surface area contributed by atoms with E-state index in [1.54, 1.807) is 0 Å². The number of hydrogen-bond acceptors (Lipinski definition) is 4. The highest BCUT2D eigenvalue weighted by Gasteiger charge is 2.30. The predicted molar refractivity (Wildman–Crippen MR) is 71.2 cm³/mol. The van der Waals surface area contributed by atoms with E-state index in [0.717, 1.165) is 18.5 Å². The van der Waals surface area contributed by atoms with Crippen molar-refractivity contribution < 1.29 is 9.53 Å². The van der Waals surface area contributed by atoms with Crippen LogP contribution in [0.2, 0.25) is 0 Å². The third-order valence-corrected chi connectivity index (χ3v) is 4.86. The Morgan fingerprint density at radius 1 is 1.47 bits per heavy atom. The number of methoxy groups -OCH3 is 1. The number of carbonyl (C=O) groups excluding carboxylic acids is 1. The summed E-state index contributed by atoms with van der Waals surface area (Å²) in [6.07, 6.45) is 5.51. The molecule has 0 aromatic carbocycles. The molecular formula is C13H21NO2S. The van der Waals surface area contributed by atoms with E-state index < -0.39 is 0 Å². The zero-order valence-electron chi connectivity index (χ0n) is 10.6. The van der Waals surface area contributed by atoms with Crippen LogP contribution in [0.4, 0.5) is 0 Å². The highest BCUT2D eigenvalue weighted by molar-refractivity contribution is 7.99. The first kappa shape index (κ1) is 13.0. The molecule has 0 spiro atoms. The molecule has 1 fully saturated rings. The minimum atomic E-state index is -0.145. The molecular weight excluding hydrogens is 234 g/mol. The second kappa shape index (κ2) is 5.91. The van der Waals surface area contributed by atoms with Crippen molar-refractivity contribution in [3.8, 4) is 0 Å². The molecule has 96 valence electrons. The average Bonchev–Trinajstić information content (AvgIpc) is 2.39. The molecule has 0 bridgehead atoms. The number of nitrogens with zero attached hydrogens (tertiary/aromatic N) is 1. The van der Waals surface area contributed by atoms with Crippen molar-refractivity contribution in [2.75, 3.05) is 32.2 Å². The van der Waals surface area contributed by atoms with Crippen LogP contribution in [0.1, 0.15) is 19.3 Å². The van der Waals surface area contributed by atoms with Gasteiger partial charge in [-0.3, -0.25) is 4.90 Å². The molecule has 0 aromatic heterocycles. The molecule has 2 aliphatic rings. The van der Waals surface area contributed by atoms with Gasteiger partial charge in [0.2, 0.25) is 0 Å². The molecule has 0 saturated carbocycles. The number of esters is 1. The van der Waals surface area contributed by atoms with Gasteiger partial charge in [0.1, 0.15) is 0 Å². The standard InChI is InChI=1S/C13H21NO2S/c1-14-6-3-11(13(15)16-2)9-12(14)10-4-7-17-8-5-10/h9-10,12H,3-8H2,1-2H3. The molecule has 3 nitrogen and oxygen atoms in total. The van der Waals surface area contributed by atoms with Gasteiger partial charge in [0.25, 0.3) is 0 Å². The number of thioether (sulfide) groups is 1. The van der Waals surface area contributed by atoms with Gasteiger partial charge in [-0.25, -0.2) is 4.79 Å². The Balaban J connectivity index is 2.09. The summed E-state index contributed by atoms with van der Waals surface area (Å²) in [6.45, 7) is 0.968. The van der Waals surface area contributed by atoms with Gasteiger partial charge >= 0.3 is 5.97 Å². The minimum absolute atomic E-state index is 0.145. The summed E-state index contributed by atoms with van der Waals surface area (Å²) in [4.78, 5) is 14.0. The SMILES string of the molecule is COC(=O)C1=CC(C2CCSCC2)N(C)CC1. The maximum absolute atomic E-state index is 11.6. The van der Waals surface area contributed by atoms with Gasteiger partial charge in [-0.05, 0) is 43.7 Å². The molecule has 0 radical (unpaired) electrons. The fraction of sp³-hybridized carbons (Fsp3) is 0.769. The molecule has 0 aliphatic carbocycles. The van der Waals surface area contributed by atoms with Crippen LogP contribution in [-0.4, -0.2) is 49.1 Å². The van der Waals surface area contributed by atoms with Crippen LogP contribution in [-0.2, 0) is 9.53 Å². The lowest BCUT2D eigenvalue weighted by molar-refractivity contribution is -0.136. The summed E-state index contributed by atoms with van der Waals surface area (Å²) >= 11 is 2.04. The predicted octanol–water partition coefficient (Wildman–Crippen LogP) is 1.93. The zero-order valence-corrected chi connectivity index (χ0v) is 11.5. The first-order valence-corrected chi connectivity index (χ1v) is 7.45. The van der Waals surface area contributed by atoms with E-state index in [4.69, 9.17) is 4.74 Å². The Morgan fingerprint density at radius 3 is 2.82 bits per heavy atom. The normalized spacial score (nSPS) is 27.6. The molecule has 4 heteroatoms. The Kier molecular flexibility index (Phi) is 4.51. The van der Waals surface area contributed by atoms with Crippen molar-refractivity contribution in [3.05, 3.63) is 11.6 Å². The lowest BCUT2D eigenvalue weighted by atomic mass is 9.88. The zero-order chi connectivity index (χ0) is 12.3. The van der Waals surface area contributed by atoms with Gasteiger partial charge in [-0.15, -0.1) is 0 Å². The van der Waals surface area contributed by atoms with E-state index in [-0.39, 0.29) is 5.97 Å². The second-order valence-corrected chi connectivity index (χ2v) is 6.08. The molecule has 17 heavy (non-hydrogen) atoms. The smallest absolute Gasteiger partial charge is 0.333 e. The van der Waals surface area contributed by atoms with Crippen LogP contribution in [0.5, 0.6) is 0 Å². The van der Waals surface area contributed by atoms with Gasteiger partial charge in [0.05, 0.1) is 7.11 Å². The maximum atomic E-state index is 11.6. The van der Waals surface area contributed by atoms with Crippen LogP contribution in [0.25, 0.3) is 0 Å². The van der Waals surface area contributed by atoms with E-state index in [9.17, 15) is 4.79 Å². The Labute approximate surface area is 108 Å². The summed E-state index contributed by atoms with van der Waals surface area (Å²) in [5.74, 6) is 3.08. The molecule has 2 rings (SSSR count). The highest BCUT2D eigenvalue weighted by Crippen LogP contribution is 2.31. The second-order valence-electron chi connectivity index (χ2n) is 4.85. The summed E-state index contributed by atoms with van der Waals surface area (Å²) in [5, 5.41) is 0. The van der Waals surface area contributed by atoms with Crippen molar-refractivity contribution in [1.82, 2.24) is 4.90 Å². The van der Waals surface area contributed by atoms with Crippen LogP contribution in [0.15, 0.2) is 11.6 Å². The average molecular weight is 255 g/mol. The Bertz CT molecular complexity index is 311. The van der Waals surface area contributed by atoms with Gasteiger partial charge < -0.3 is 4.74 Å². The third-order valence-electron chi connectivity index (χ3n) is 3.81. The van der Waals surface area contributed by atoms with E-state index >= 15 is 0 Å². The maximum Gasteiger partial charge on any atom is 0.333 e. The number of hydrogen-bond donors (Lipinski definition) is 0. The topological polar surface area (TPSA) is 29.5 Å². The number of ether oxygens (including phenoxy) is 1. The summed E-state index contributed by atoms with van der Waals surface area (Å²) in [6, 6.07) is 0.429. The van der Waals surface area contributed by atoms with Crippen LogP contribution in [0, 0.1) is 5.92 Å². The fourth-order valence-electron chi connectivity index (χ4n) is 2.72. The van der Waals surface area contributed by atoms with Crippen molar-refractivity contribution in [2.24, 2.45) is 5.92 Å².